The molecule has 1 aliphatic heterocycles. The predicted octanol–water partition coefficient (Wildman–Crippen LogP) is 4.04. The van der Waals surface area contributed by atoms with Gasteiger partial charge in [0.2, 0.25) is 5.91 Å². The molecule has 24 heavy (non-hydrogen) atoms. The maximum absolute atomic E-state index is 11.9. The van der Waals surface area contributed by atoms with Crippen LogP contribution in [0.1, 0.15) is 5.56 Å². The maximum atomic E-state index is 11.9. The van der Waals surface area contributed by atoms with E-state index in [0.29, 0.717) is 12.4 Å². The summed E-state index contributed by atoms with van der Waals surface area (Å²) >= 11 is 3.21. The Bertz CT molecular complexity index is 703. The van der Waals surface area contributed by atoms with Crippen LogP contribution >= 0.6 is 23.5 Å². The molecular weight excluding hydrogens is 340 g/mol. The molecule has 0 bridgehead atoms. The molecule has 0 fully saturated rings. The first-order chi connectivity index (χ1) is 11.8. The lowest BCUT2D eigenvalue weighted by Crippen LogP contribution is -2.14. The lowest BCUT2D eigenvalue weighted by molar-refractivity contribution is -0.113. The van der Waals surface area contributed by atoms with Crippen LogP contribution in [-0.4, -0.2) is 28.3 Å². The molecule has 2 aromatic rings. The molecule has 1 heterocycles. The standard InChI is InChI=1S/C18H18N2O2S2/c21-17(13-24-18-19-10-11-23-18)20-15-6-8-16(9-7-15)22-12-14-4-2-1-3-5-14/h1-9H,10-13H2,(H,20,21). The van der Waals surface area contributed by atoms with Crippen molar-refractivity contribution < 1.29 is 9.53 Å². The van der Waals surface area contributed by atoms with Gasteiger partial charge in [-0.2, -0.15) is 0 Å². The highest BCUT2D eigenvalue weighted by Crippen LogP contribution is 2.22. The van der Waals surface area contributed by atoms with E-state index in [1.54, 1.807) is 11.8 Å². The predicted molar refractivity (Wildman–Crippen MR) is 103 cm³/mol. The molecule has 0 aromatic heterocycles. The number of thioether (sulfide) groups is 2. The van der Waals surface area contributed by atoms with E-state index in [4.69, 9.17) is 4.74 Å². The van der Waals surface area contributed by atoms with E-state index >= 15 is 0 Å². The molecule has 1 aliphatic rings. The Morgan fingerprint density at radius 2 is 1.96 bits per heavy atom. The smallest absolute Gasteiger partial charge is 0.234 e. The highest BCUT2D eigenvalue weighted by molar-refractivity contribution is 8.39. The molecule has 4 nitrogen and oxygen atoms in total. The second kappa shape index (κ2) is 8.80. The Morgan fingerprint density at radius 3 is 2.67 bits per heavy atom. The Balaban J connectivity index is 1.44. The van der Waals surface area contributed by atoms with Crippen LogP contribution < -0.4 is 10.1 Å². The number of nitrogens with one attached hydrogen (secondary N) is 1. The lowest BCUT2D eigenvalue weighted by atomic mass is 10.2. The topological polar surface area (TPSA) is 50.7 Å². The van der Waals surface area contributed by atoms with Crippen LogP contribution in [0.3, 0.4) is 0 Å². The van der Waals surface area contributed by atoms with Gasteiger partial charge < -0.3 is 10.1 Å². The molecule has 0 spiro atoms. The van der Waals surface area contributed by atoms with Gasteiger partial charge in [0.1, 0.15) is 16.7 Å². The summed E-state index contributed by atoms with van der Waals surface area (Å²) in [6.45, 7) is 1.39. The highest BCUT2D eigenvalue weighted by atomic mass is 32.2. The summed E-state index contributed by atoms with van der Waals surface area (Å²) in [7, 11) is 0. The molecule has 0 saturated heterocycles. The van der Waals surface area contributed by atoms with Crippen LogP contribution in [0.25, 0.3) is 0 Å². The fourth-order valence-corrected chi connectivity index (χ4v) is 3.91. The van der Waals surface area contributed by atoms with Gasteiger partial charge in [-0.15, -0.1) is 0 Å². The van der Waals surface area contributed by atoms with Gasteiger partial charge in [0.25, 0.3) is 0 Å². The minimum atomic E-state index is -0.0202. The zero-order chi connectivity index (χ0) is 16.6. The molecule has 0 radical (unpaired) electrons. The number of rotatable bonds is 6. The summed E-state index contributed by atoms with van der Waals surface area (Å²) < 4.78 is 6.74. The molecule has 1 amide bonds. The number of carbonyl (C=O) groups excluding carboxylic acids is 1. The zero-order valence-electron chi connectivity index (χ0n) is 13.1. The van der Waals surface area contributed by atoms with Crippen molar-refractivity contribution in [3.63, 3.8) is 0 Å². The number of hydrogen-bond donors (Lipinski definition) is 1. The van der Waals surface area contributed by atoms with E-state index in [1.165, 1.54) is 11.8 Å². The lowest BCUT2D eigenvalue weighted by Gasteiger charge is -2.08. The van der Waals surface area contributed by atoms with Gasteiger partial charge in [-0.05, 0) is 29.8 Å². The molecule has 2 aromatic carbocycles. The summed E-state index contributed by atoms with van der Waals surface area (Å²) in [5, 5.41) is 2.89. The van der Waals surface area contributed by atoms with Gasteiger partial charge >= 0.3 is 0 Å². The van der Waals surface area contributed by atoms with Gasteiger partial charge in [-0.25, -0.2) is 0 Å². The van der Waals surface area contributed by atoms with Crippen LogP contribution in [0.2, 0.25) is 0 Å². The summed E-state index contributed by atoms with van der Waals surface area (Å²) in [6.07, 6.45) is 0. The third-order valence-electron chi connectivity index (χ3n) is 3.27. The number of carbonyl (C=O) groups is 1. The Morgan fingerprint density at radius 1 is 1.17 bits per heavy atom. The van der Waals surface area contributed by atoms with Crippen molar-refractivity contribution in [3.05, 3.63) is 60.2 Å². The number of anilines is 1. The second-order valence-electron chi connectivity index (χ2n) is 5.13. The molecule has 6 heteroatoms. The minimum Gasteiger partial charge on any atom is -0.489 e. The monoisotopic (exact) mass is 358 g/mol. The Kier molecular flexibility index (Phi) is 6.20. The van der Waals surface area contributed by atoms with Crippen molar-refractivity contribution in [3.8, 4) is 5.75 Å². The SMILES string of the molecule is O=C(CSC1=NCCS1)Nc1ccc(OCc2ccccc2)cc1. The van der Waals surface area contributed by atoms with Crippen LogP contribution in [0, 0.1) is 0 Å². The van der Waals surface area contributed by atoms with Crippen molar-refractivity contribution in [2.45, 2.75) is 6.61 Å². The number of benzene rings is 2. The van der Waals surface area contributed by atoms with Crippen LogP contribution in [0.15, 0.2) is 59.6 Å². The van der Waals surface area contributed by atoms with Crippen LogP contribution in [-0.2, 0) is 11.4 Å². The molecule has 1 N–H and O–H groups in total. The second-order valence-corrected chi connectivity index (χ2v) is 7.44. The normalized spacial score (nSPS) is 13.4. The summed E-state index contributed by atoms with van der Waals surface area (Å²) in [5.41, 5.74) is 1.90. The highest BCUT2D eigenvalue weighted by Gasteiger charge is 2.10. The molecule has 0 aliphatic carbocycles. The third-order valence-corrected chi connectivity index (χ3v) is 5.52. The fourth-order valence-electron chi connectivity index (χ4n) is 2.10. The van der Waals surface area contributed by atoms with Crippen molar-refractivity contribution >= 4 is 39.5 Å². The maximum Gasteiger partial charge on any atom is 0.234 e. The number of hydrogen-bond acceptors (Lipinski definition) is 5. The Hall–Kier alpha value is -1.92. The van der Waals surface area contributed by atoms with E-state index in [-0.39, 0.29) is 5.91 Å². The molecule has 0 unspecified atom stereocenters. The number of amides is 1. The van der Waals surface area contributed by atoms with Crippen molar-refractivity contribution in [2.24, 2.45) is 4.99 Å². The van der Waals surface area contributed by atoms with Crippen molar-refractivity contribution in [1.82, 2.24) is 0 Å². The van der Waals surface area contributed by atoms with E-state index in [1.807, 2.05) is 54.6 Å². The van der Waals surface area contributed by atoms with E-state index in [0.717, 1.165) is 33.7 Å². The van der Waals surface area contributed by atoms with Gasteiger partial charge in [0.15, 0.2) is 0 Å². The number of aliphatic imine (C=N–C) groups is 1. The molecular formula is C18H18N2O2S2. The molecule has 0 atom stereocenters. The van der Waals surface area contributed by atoms with Crippen molar-refractivity contribution in [1.29, 1.82) is 0 Å². The van der Waals surface area contributed by atoms with Gasteiger partial charge in [0, 0.05) is 11.4 Å². The van der Waals surface area contributed by atoms with Crippen molar-refractivity contribution in [2.75, 3.05) is 23.4 Å². The molecule has 124 valence electrons. The summed E-state index contributed by atoms with van der Waals surface area (Å²) in [6, 6.07) is 17.5. The van der Waals surface area contributed by atoms with E-state index in [9.17, 15) is 4.79 Å². The quantitative estimate of drug-likeness (QED) is 0.847. The van der Waals surface area contributed by atoms with Gasteiger partial charge in [-0.3, -0.25) is 9.79 Å². The third kappa shape index (κ3) is 5.32. The first-order valence-electron chi connectivity index (χ1n) is 7.66. The number of nitrogens with zero attached hydrogens (tertiary/aromatic N) is 1. The largest absolute Gasteiger partial charge is 0.489 e. The minimum absolute atomic E-state index is 0.0202. The molecule has 3 rings (SSSR count). The van der Waals surface area contributed by atoms with Crippen LogP contribution in [0.4, 0.5) is 5.69 Å². The van der Waals surface area contributed by atoms with E-state index in [2.05, 4.69) is 10.3 Å². The zero-order valence-corrected chi connectivity index (χ0v) is 14.7. The first-order valence-corrected chi connectivity index (χ1v) is 9.63. The number of ether oxygens (including phenoxy) is 1. The first kappa shape index (κ1) is 16.9. The average Bonchev–Trinajstić information content (AvgIpc) is 3.14. The summed E-state index contributed by atoms with van der Waals surface area (Å²) in [5.74, 6) is 2.17. The van der Waals surface area contributed by atoms with Gasteiger partial charge in [-0.1, -0.05) is 53.9 Å². The Labute approximate surface area is 150 Å². The average molecular weight is 358 g/mol. The van der Waals surface area contributed by atoms with Gasteiger partial charge in [0.05, 0.1) is 12.3 Å². The summed E-state index contributed by atoms with van der Waals surface area (Å²) in [4.78, 5) is 16.3. The van der Waals surface area contributed by atoms with E-state index < -0.39 is 0 Å². The van der Waals surface area contributed by atoms with Crippen LogP contribution in [0.5, 0.6) is 5.75 Å². The fraction of sp³-hybridized carbons (Fsp3) is 0.222. The molecule has 0 saturated carbocycles.